The van der Waals surface area contributed by atoms with Gasteiger partial charge < -0.3 is 0 Å². The Morgan fingerprint density at radius 1 is 1.05 bits per heavy atom. The number of hydrogen-bond donors (Lipinski definition) is 0. The van der Waals surface area contributed by atoms with Gasteiger partial charge in [-0.25, -0.2) is 0 Å². The van der Waals surface area contributed by atoms with Crippen molar-refractivity contribution in [3.63, 3.8) is 0 Å². The van der Waals surface area contributed by atoms with Crippen molar-refractivity contribution >= 4 is 17.4 Å². The van der Waals surface area contributed by atoms with E-state index in [2.05, 4.69) is 23.1 Å². The van der Waals surface area contributed by atoms with Crippen LogP contribution < -0.4 is 0 Å². The van der Waals surface area contributed by atoms with Gasteiger partial charge in [0.25, 0.3) is 0 Å². The molecule has 0 unspecified atom stereocenters. The standard InChI is InChI=1S/C18H16ClNO/c19-17-9-2-1-8-16(17)18(21)15-7-5-6-14(12-15)13-20-10-3-4-11-20/h1-9,12H,10-11,13H2. The Hall–Kier alpha value is -1.90. The molecule has 0 radical (unpaired) electrons. The van der Waals surface area contributed by atoms with Gasteiger partial charge in [0.05, 0.1) is 5.02 Å². The second-order valence-corrected chi connectivity index (χ2v) is 5.58. The first-order valence-corrected chi connectivity index (χ1v) is 7.37. The zero-order valence-electron chi connectivity index (χ0n) is 11.6. The molecule has 2 aromatic rings. The summed E-state index contributed by atoms with van der Waals surface area (Å²) in [6, 6.07) is 15.0. The lowest BCUT2D eigenvalue weighted by atomic mass is 10.0. The molecule has 0 saturated heterocycles. The monoisotopic (exact) mass is 297 g/mol. The van der Waals surface area contributed by atoms with Gasteiger partial charge in [-0.3, -0.25) is 9.69 Å². The minimum atomic E-state index is -0.0259. The number of carbonyl (C=O) groups excluding carboxylic acids is 1. The van der Waals surface area contributed by atoms with E-state index in [1.807, 2.05) is 30.3 Å². The SMILES string of the molecule is O=C(c1cccc(CN2CC=CC2)c1)c1ccccc1Cl. The molecular formula is C18H16ClNO. The van der Waals surface area contributed by atoms with Crippen LogP contribution in [0.4, 0.5) is 0 Å². The van der Waals surface area contributed by atoms with Crippen LogP contribution in [0, 0.1) is 0 Å². The average Bonchev–Trinajstić information content (AvgIpc) is 3.00. The van der Waals surface area contributed by atoms with Crippen molar-refractivity contribution in [3.05, 3.63) is 82.4 Å². The summed E-state index contributed by atoms with van der Waals surface area (Å²) in [5.41, 5.74) is 2.39. The molecule has 0 aliphatic carbocycles. The van der Waals surface area contributed by atoms with Gasteiger partial charge in [0, 0.05) is 30.8 Å². The van der Waals surface area contributed by atoms with Crippen LogP contribution in [0.2, 0.25) is 5.02 Å². The van der Waals surface area contributed by atoms with Crippen molar-refractivity contribution in [1.82, 2.24) is 4.90 Å². The fourth-order valence-corrected chi connectivity index (χ4v) is 2.74. The molecule has 3 heteroatoms. The van der Waals surface area contributed by atoms with Crippen LogP contribution in [0.25, 0.3) is 0 Å². The maximum atomic E-state index is 12.5. The summed E-state index contributed by atoms with van der Waals surface area (Å²) in [6.07, 6.45) is 4.33. The highest BCUT2D eigenvalue weighted by molar-refractivity contribution is 6.34. The molecule has 1 aliphatic heterocycles. The Morgan fingerprint density at radius 2 is 1.81 bits per heavy atom. The third-order valence-electron chi connectivity index (χ3n) is 3.61. The van der Waals surface area contributed by atoms with Crippen LogP contribution in [0.15, 0.2) is 60.7 Å². The second kappa shape index (κ2) is 6.25. The Morgan fingerprint density at radius 3 is 2.57 bits per heavy atom. The molecule has 2 nitrogen and oxygen atoms in total. The molecule has 106 valence electrons. The zero-order valence-corrected chi connectivity index (χ0v) is 12.4. The van der Waals surface area contributed by atoms with Gasteiger partial charge in [-0.2, -0.15) is 0 Å². The van der Waals surface area contributed by atoms with E-state index in [0.717, 1.165) is 25.2 Å². The lowest BCUT2D eigenvalue weighted by Crippen LogP contribution is -2.19. The van der Waals surface area contributed by atoms with Gasteiger partial charge in [0.2, 0.25) is 0 Å². The predicted octanol–water partition coefficient (Wildman–Crippen LogP) is 3.94. The van der Waals surface area contributed by atoms with E-state index in [-0.39, 0.29) is 5.78 Å². The predicted molar refractivity (Wildman–Crippen MR) is 85.7 cm³/mol. The quantitative estimate of drug-likeness (QED) is 0.629. The van der Waals surface area contributed by atoms with Crippen molar-refractivity contribution in [3.8, 4) is 0 Å². The highest BCUT2D eigenvalue weighted by Crippen LogP contribution is 2.20. The van der Waals surface area contributed by atoms with Gasteiger partial charge in [-0.15, -0.1) is 0 Å². The van der Waals surface area contributed by atoms with Crippen LogP contribution in [0.3, 0.4) is 0 Å². The number of rotatable bonds is 4. The summed E-state index contributed by atoms with van der Waals surface area (Å²) in [5, 5.41) is 0.497. The normalized spacial score (nSPS) is 14.5. The molecule has 2 aromatic carbocycles. The number of nitrogens with zero attached hydrogens (tertiary/aromatic N) is 1. The number of halogens is 1. The largest absolute Gasteiger partial charge is 0.292 e. The maximum Gasteiger partial charge on any atom is 0.194 e. The highest BCUT2D eigenvalue weighted by atomic mass is 35.5. The molecular weight excluding hydrogens is 282 g/mol. The lowest BCUT2D eigenvalue weighted by molar-refractivity contribution is 0.103. The lowest BCUT2D eigenvalue weighted by Gasteiger charge is -2.15. The van der Waals surface area contributed by atoms with E-state index in [0.29, 0.717) is 16.1 Å². The minimum Gasteiger partial charge on any atom is -0.292 e. The van der Waals surface area contributed by atoms with Crippen molar-refractivity contribution < 1.29 is 4.79 Å². The highest BCUT2D eigenvalue weighted by Gasteiger charge is 2.13. The fourth-order valence-electron chi connectivity index (χ4n) is 2.52. The first kappa shape index (κ1) is 14.1. The van der Waals surface area contributed by atoms with Crippen molar-refractivity contribution in [2.75, 3.05) is 13.1 Å². The van der Waals surface area contributed by atoms with Gasteiger partial charge in [-0.1, -0.05) is 54.1 Å². The summed E-state index contributed by atoms with van der Waals surface area (Å²) in [7, 11) is 0. The van der Waals surface area contributed by atoms with E-state index in [1.165, 1.54) is 0 Å². The third-order valence-corrected chi connectivity index (χ3v) is 3.94. The summed E-state index contributed by atoms with van der Waals surface area (Å²) < 4.78 is 0. The van der Waals surface area contributed by atoms with Gasteiger partial charge in [0.15, 0.2) is 5.78 Å². The topological polar surface area (TPSA) is 20.3 Å². The van der Waals surface area contributed by atoms with Crippen LogP contribution in [-0.2, 0) is 6.54 Å². The van der Waals surface area contributed by atoms with Crippen LogP contribution in [0.5, 0.6) is 0 Å². The summed E-state index contributed by atoms with van der Waals surface area (Å²) in [5.74, 6) is -0.0259. The molecule has 21 heavy (non-hydrogen) atoms. The van der Waals surface area contributed by atoms with E-state index in [1.54, 1.807) is 12.1 Å². The maximum absolute atomic E-state index is 12.5. The first-order valence-electron chi connectivity index (χ1n) is 6.99. The number of ketones is 1. The van der Waals surface area contributed by atoms with Crippen LogP contribution in [-0.4, -0.2) is 23.8 Å². The Balaban J connectivity index is 1.82. The smallest absolute Gasteiger partial charge is 0.194 e. The molecule has 0 atom stereocenters. The number of benzene rings is 2. The van der Waals surface area contributed by atoms with Gasteiger partial charge in [0.1, 0.15) is 0 Å². The molecule has 0 N–H and O–H groups in total. The van der Waals surface area contributed by atoms with Gasteiger partial charge >= 0.3 is 0 Å². The molecule has 0 fully saturated rings. The van der Waals surface area contributed by atoms with Crippen molar-refractivity contribution in [1.29, 1.82) is 0 Å². The number of hydrogen-bond acceptors (Lipinski definition) is 2. The van der Waals surface area contributed by atoms with Crippen LogP contribution in [0.1, 0.15) is 21.5 Å². The molecule has 0 bridgehead atoms. The zero-order chi connectivity index (χ0) is 14.7. The third kappa shape index (κ3) is 3.23. The molecule has 0 saturated carbocycles. The summed E-state index contributed by atoms with van der Waals surface area (Å²) in [6.45, 7) is 2.81. The van der Waals surface area contributed by atoms with E-state index in [9.17, 15) is 4.79 Å². The fraction of sp³-hybridized carbons (Fsp3) is 0.167. The first-order chi connectivity index (χ1) is 10.2. The Labute approximate surface area is 129 Å². The second-order valence-electron chi connectivity index (χ2n) is 5.17. The van der Waals surface area contributed by atoms with E-state index < -0.39 is 0 Å². The molecule has 0 spiro atoms. The summed E-state index contributed by atoms with van der Waals surface area (Å²) in [4.78, 5) is 14.9. The molecule has 0 aromatic heterocycles. The molecule has 3 rings (SSSR count). The molecule has 1 heterocycles. The summed E-state index contributed by atoms with van der Waals surface area (Å²) >= 11 is 6.11. The van der Waals surface area contributed by atoms with Gasteiger partial charge in [-0.05, 0) is 23.8 Å². The van der Waals surface area contributed by atoms with E-state index >= 15 is 0 Å². The van der Waals surface area contributed by atoms with Crippen molar-refractivity contribution in [2.45, 2.75) is 6.54 Å². The molecule has 1 aliphatic rings. The van der Waals surface area contributed by atoms with Crippen molar-refractivity contribution in [2.24, 2.45) is 0 Å². The van der Waals surface area contributed by atoms with E-state index in [4.69, 9.17) is 11.6 Å². The average molecular weight is 298 g/mol. The Kier molecular flexibility index (Phi) is 4.18. The van der Waals surface area contributed by atoms with Crippen LogP contribution >= 0.6 is 11.6 Å². The molecule has 0 amide bonds. The Bertz CT molecular complexity index is 685. The number of carbonyl (C=O) groups is 1. The minimum absolute atomic E-state index is 0.0259.